The number of ether oxygens (including phenoxy) is 1. The molecule has 0 heterocycles. The van der Waals surface area contributed by atoms with Gasteiger partial charge in [0.1, 0.15) is 5.75 Å². The van der Waals surface area contributed by atoms with Gasteiger partial charge in [0.15, 0.2) is 0 Å². The third kappa shape index (κ3) is 6.16. The van der Waals surface area contributed by atoms with E-state index in [1.807, 2.05) is 50.2 Å². The van der Waals surface area contributed by atoms with Gasteiger partial charge in [-0.2, -0.15) is 4.31 Å². The summed E-state index contributed by atoms with van der Waals surface area (Å²) in [6.45, 7) is 4.06. The van der Waals surface area contributed by atoms with Gasteiger partial charge in [0.05, 0.1) is 18.0 Å². The highest BCUT2D eigenvalue weighted by molar-refractivity contribution is 7.89. The van der Waals surface area contributed by atoms with Crippen LogP contribution in [0.1, 0.15) is 18.1 Å². The maximum atomic E-state index is 13.3. The fourth-order valence-electron chi connectivity index (χ4n) is 3.10. The third-order valence-electron chi connectivity index (χ3n) is 4.60. The monoisotopic (exact) mass is 438 g/mol. The van der Waals surface area contributed by atoms with Crippen molar-refractivity contribution in [3.05, 3.63) is 90.0 Å². The first kappa shape index (κ1) is 22.5. The Morgan fingerprint density at radius 2 is 1.68 bits per heavy atom. The molecule has 1 amide bonds. The second-order valence-electron chi connectivity index (χ2n) is 7.08. The van der Waals surface area contributed by atoms with E-state index in [9.17, 15) is 13.2 Å². The van der Waals surface area contributed by atoms with Gasteiger partial charge in [-0.05, 0) is 61.4 Å². The molecule has 7 heteroatoms. The van der Waals surface area contributed by atoms with E-state index in [1.165, 1.54) is 4.31 Å². The molecule has 3 aromatic carbocycles. The van der Waals surface area contributed by atoms with Gasteiger partial charge in [-0.1, -0.05) is 42.5 Å². The number of anilines is 1. The average molecular weight is 439 g/mol. The molecule has 0 bridgehead atoms. The van der Waals surface area contributed by atoms with E-state index in [1.54, 1.807) is 42.5 Å². The lowest BCUT2D eigenvalue weighted by molar-refractivity contribution is -0.116. The van der Waals surface area contributed by atoms with Crippen molar-refractivity contribution in [3.8, 4) is 5.75 Å². The lowest BCUT2D eigenvalue weighted by Gasteiger charge is -2.22. The molecule has 0 fully saturated rings. The van der Waals surface area contributed by atoms with Crippen molar-refractivity contribution in [2.24, 2.45) is 0 Å². The molecule has 162 valence electrons. The van der Waals surface area contributed by atoms with E-state index in [2.05, 4.69) is 5.32 Å². The highest BCUT2D eigenvalue weighted by Gasteiger charge is 2.27. The summed E-state index contributed by atoms with van der Waals surface area (Å²) in [5.74, 6) is 0.282. The molecule has 0 aliphatic carbocycles. The summed E-state index contributed by atoms with van der Waals surface area (Å²) in [6, 6.07) is 22.9. The van der Waals surface area contributed by atoms with Gasteiger partial charge in [-0.15, -0.1) is 0 Å². The molecule has 0 atom stereocenters. The van der Waals surface area contributed by atoms with Gasteiger partial charge in [0.25, 0.3) is 0 Å². The Balaban J connectivity index is 1.81. The summed E-state index contributed by atoms with van der Waals surface area (Å²) in [5, 5.41) is 2.76. The number of rotatable bonds is 9. The molecule has 0 aliphatic rings. The number of sulfonamides is 1. The van der Waals surface area contributed by atoms with E-state index in [-0.39, 0.29) is 18.0 Å². The second-order valence-corrected chi connectivity index (χ2v) is 9.02. The Labute approximate surface area is 183 Å². The van der Waals surface area contributed by atoms with Gasteiger partial charge >= 0.3 is 0 Å². The number of nitrogens with zero attached hydrogens (tertiary/aromatic N) is 1. The van der Waals surface area contributed by atoms with Crippen LogP contribution in [0.4, 0.5) is 5.69 Å². The molecule has 31 heavy (non-hydrogen) atoms. The normalized spacial score (nSPS) is 11.3. The molecule has 0 radical (unpaired) electrons. The van der Waals surface area contributed by atoms with E-state index in [0.717, 1.165) is 11.1 Å². The Morgan fingerprint density at radius 3 is 2.32 bits per heavy atom. The average Bonchev–Trinajstić information content (AvgIpc) is 2.75. The number of nitrogens with one attached hydrogen (secondary N) is 1. The van der Waals surface area contributed by atoms with Crippen LogP contribution in [0.3, 0.4) is 0 Å². The Hall–Kier alpha value is -3.16. The van der Waals surface area contributed by atoms with Crippen LogP contribution in [0.2, 0.25) is 0 Å². The van der Waals surface area contributed by atoms with Crippen LogP contribution >= 0.6 is 0 Å². The zero-order valence-corrected chi connectivity index (χ0v) is 18.4. The van der Waals surface area contributed by atoms with Crippen LogP contribution in [-0.4, -0.2) is 31.8 Å². The molecular weight excluding hydrogens is 412 g/mol. The molecule has 0 saturated heterocycles. The molecule has 0 unspecified atom stereocenters. The smallest absolute Gasteiger partial charge is 0.243 e. The molecule has 3 aromatic rings. The summed E-state index contributed by atoms with van der Waals surface area (Å²) in [5.41, 5.74) is 2.20. The molecule has 3 rings (SSSR count). The zero-order chi connectivity index (χ0) is 22.3. The van der Waals surface area contributed by atoms with Crippen LogP contribution in [0.5, 0.6) is 5.75 Å². The minimum atomic E-state index is -3.87. The predicted molar refractivity (Wildman–Crippen MR) is 121 cm³/mol. The van der Waals surface area contributed by atoms with Crippen molar-refractivity contribution in [2.45, 2.75) is 25.3 Å². The highest BCUT2D eigenvalue weighted by Crippen LogP contribution is 2.20. The van der Waals surface area contributed by atoms with Gasteiger partial charge in [-0.25, -0.2) is 8.42 Å². The maximum absolute atomic E-state index is 13.3. The minimum absolute atomic E-state index is 0.0911. The van der Waals surface area contributed by atoms with E-state index in [0.29, 0.717) is 18.0 Å². The predicted octanol–water partition coefficient (Wildman–Crippen LogP) is 4.22. The van der Waals surface area contributed by atoms with Gasteiger partial charge in [0.2, 0.25) is 15.9 Å². The second kappa shape index (κ2) is 10.2. The maximum Gasteiger partial charge on any atom is 0.243 e. The molecule has 6 nitrogen and oxygen atoms in total. The summed E-state index contributed by atoms with van der Waals surface area (Å²) in [6.07, 6.45) is 0. The Kier molecular flexibility index (Phi) is 7.44. The van der Waals surface area contributed by atoms with Crippen molar-refractivity contribution in [1.82, 2.24) is 4.31 Å². The minimum Gasteiger partial charge on any atom is -0.494 e. The van der Waals surface area contributed by atoms with Crippen molar-refractivity contribution >= 4 is 21.6 Å². The standard InChI is InChI=1S/C24H26N2O4S/c1-3-30-22-14-12-21(13-15-22)25-24(27)18-26(17-20-9-5-4-6-10-20)31(28,29)23-11-7-8-19(2)16-23/h4-16H,3,17-18H2,1-2H3,(H,25,27). The SMILES string of the molecule is CCOc1ccc(NC(=O)CN(Cc2ccccc2)S(=O)(=O)c2cccc(C)c2)cc1. The van der Waals surface area contributed by atoms with Crippen molar-refractivity contribution in [3.63, 3.8) is 0 Å². The van der Waals surface area contributed by atoms with Crippen LogP contribution in [0, 0.1) is 6.92 Å². The number of hydrogen-bond acceptors (Lipinski definition) is 4. The molecule has 0 aliphatic heterocycles. The zero-order valence-electron chi connectivity index (χ0n) is 17.6. The topological polar surface area (TPSA) is 75.7 Å². The summed E-state index contributed by atoms with van der Waals surface area (Å²) >= 11 is 0. The Morgan fingerprint density at radius 1 is 0.968 bits per heavy atom. The number of benzene rings is 3. The van der Waals surface area contributed by atoms with Gasteiger partial charge in [-0.3, -0.25) is 4.79 Å². The fraction of sp³-hybridized carbons (Fsp3) is 0.208. The first-order valence-corrected chi connectivity index (χ1v) is 11.5. The van der Waals surface area contributed by atoms with Crippen molar-refractivity contribution in [1.29, 1.82) is 0 Å². The molecule has 1 N–H and O–H groups in total. The van der Waals surface area contributed by atoms with Crippen LogP contribution in [-0.2, 0) is 21.4 Å². The fourth-order valence-corrected chi connectivity index (χ4v) is 4.59. The Bertz CT molecular complexity index is 1110. The van der Waals surface area contributed by atoms with E-state index < -0.39 is 15.9 Å². The third-order valence-corrected chi connectivity index (χ3v) is 6.39. The quantitative estimate of drug-likeness (QED) is 0.543. The lowest BCUT2D eigenvalue weighted by Crippen LogP contribution is -2.37. The summed E-state index contributed by atoms with van der Waals surface area (Å²) in [4.78, 5) is 12.9. The van der Waals surface area contributed by atoms with Gasteiger partial charge < -0.3 is 10.1 Å². The summed E-state index contributed by atoms with van der Waals surface area (Å²) < 4.78 is 33.2. The van der Waals surface area contributed by atoms with Crippen LogP contribution in [0.25, 0.3) is 0 Å². The number of aryl methyl sites for hydroxylation is 1. The number of carbonyl (C=O) groups is 1. The van der Waals surface area contributed by atoms with Crippen molar-refractivity contribution in [2.75, 3.05) is 18.5 Å². The highest BCUT2D eigenvalue weighted by atomic mass is 32.2. The molecular formula is C24H26N2O4S. The van der Waals surface area contributed by atoms with Crippen LogP contribution < -0.4 is 10.1 Å². The number of amides is 1. The number of hydrogen-bond donors (Lipinski definition) is 1. The van der Waals surface area contributed by atoms with Crippen molar-refractivity contribution < 1.29 is 17.9 Å². The molecule has 0 spiro atoms. The first-order chi connectivity index (χ1) is 14.9. The lowest BCUT2D eigenvalue weighted by atomic mass is 10.2. The van der Waals surface area contributed by atoms with E-state index in [4.69, 9.17) is 4.74 Å². The largest absolute Gasteiger partial charge is 0.494 e. The first-order valence-electron chi connectivity index (χ1n) is 10.0. The molecule has 0 aromatic heterocycles. The summed E-state index contributed by atoms with van der Waals surface area (Å²) in [7, 11) is -3.87. The number of carbonyl (C=O) groups excluding carboxylic acids is 1. The van der Waals surface area contributed by atoms with Gasteiger partial charge in [0, 0.05) is 12.2 Å². The van der Waals surface area contributed by atoms with Crippen LogP contribution in [0.15, 0.2) is 83.8 Å². The molecule has 0 saturated carbocycles. The van der Waals surface area contributed by atoms with E-state index >= 15 is 0 Å².